The fourth-order valence-corrected chi connectivity index (χ4v) is 5.93. The van der Waals surface area contributed by atoms with Crippen LogP contribution in [0.2, 0.25) is 10.0 Å². The molecule has 0 aliphatic carbocycles. The lowest BCUT2D eigenvalue weighted by molar-refractivity contribution is -0.137. The Kier molecular flexibility index (Phi) is 9.19. The van der Waals surface area contributed by atoms with Gasteiger partial charge in [0, 0.05) is 23.0 Å². The Morgan fingerprint density at radius 3 is 2.16 bits per heavy atom. The molecule has 220 valence electrons. The van der Waals surface area contributed by atoms with E-state index in [1.165, 1.54) is 0 Å². The van der Waals surface area contributed by atoms with Crippen LogP contribution in [-0.2, 0) is 9.59 Å². The van der Waals surface area contributed by atoms with Crippen molar-refractivity contribution in [1.29, 1.82) is 0 Å². The molecule has 0 saturated heterocycles. The number of carboxylic acid groups (broad SMARTS) is 1. The van der Waals surface area contributed by atoms with E-state index in [9.17, 15) is 19.5 Å². The molecule has 6 nitrogen and oxygen atoms in total. The van der Waals surface area contributed by atoms with E-state index >= 15 is 0 Å². The van der Waals surface area contributed by atoms with Gasteiger partial charge in [-0.05, 0) is 90.9 Å². The summed E-state index contributed by atoms with van der Waals surface area (Å²) in [6.07, 6.45) is 0.867. The van der Waals surface area contributed by atoms with Crippen LogP contribution in [-0.4, -0.2) is 34.3 Å². The average molecular weight is 616 g/mol. The first kappa shape index (κ1) is 30.3. The third-order valence-corrected chi connectivity index (χ3v) is 8.47. The number of aliphatic carboxylic acids is 1. The number of amides is 2. The molecule has 1 aliphatic heterocycles. The van der Waals surface area contributed by atoms with Crippen LogP contribution in [0.1, 0.15) is 65.3 Å². The molecule has 4 aromatic carbocycles. The Labute approximate surface area is 261 Å². The van der Waals surface area contributed by atoms with Gasteiger partial charge in [-0.15, -0.1) is 0 Å². The monoisotopic (exact) mass is 614 g/mol. The SMILES string of the molecule is Cc1ccccc1-c1ccc2c(c1)C(=O)N([C@H](C)c1ccc(Cl)cc1)[C@@H](c1ccc(Cl)cc1)C(=O)N2CCCCC(=O)O. The molecule has 0 saturated carbocycles. The van der Waals surface area contributed by atoms with Crippen molar-refractivity contribution < 1.29 is 19.5 Å². The molecular weight excluding hydrogens is 583 g/mol. The second kappa shape index (κ2) is 13.0. The summed E-state index contributed by atoms with van der Waals surface area (Å²) < 4.78 is 0. The van der Waals surface area contributed by atoms with Gasteiger partial charge in [0.15, 0.2) is 0 Å². The van der Waals surface area contributed by atoms with E-state index in [4.69, 9.17) is 23.2 Å². The van der Waals surface area contributed by atoms with Crippen LogP contribution in [0.3, 0.4) is 0 Å². The molecule has 4 aromatic rings. The van der Waals surface area contributed by atoms with Gasteiger partial charge >= 0.3 is 5.97 Å². The number of fused-ring (bicyclic) bond motifs is 1. The predicted octanol–water partition coefficient (Wildman–Crippen LogP) is 8.52. The van der Waals surface area contributed by atoms with Crippen LogP contribution in [0.4, 0.5) is 5.69 Å². The van der Waals surface area contributed by atoms with Crippen LogP contribution in [0.15, 0.2) is 91.0 Å². The Morgan fingerprint density at radius 2 is 1.51 bits per heavy atom. The minimum Gasteiger partial charge on any atom is -0.481 e. The largest absolute Gasteiger partial charge is 0.481 e. The van der Waals surface area contributed by atoms with Crippen molar-refractivity contribution in [2.24, 2.45) is 0 Å². The number of benzene rings is 4. The number of nitrogens with zero attached hydrogens (tertiary/aromatic N) is 2. The van der Waals surface area contributed by atoms with E-state index in [0.717, 1.165) is 22.3 Å². The molecule has 8 heteroatoms. The average Bonchev–Trinajstić information content (AvgIpc) is 3.08. The van der Waals surface area contributed by atoms with Crippen molar-refractivity contribution >= 4 is 46.7 Å². The van der Waals surface area contributed by atoms with Crippen LogP contribution < -0.4 is 4.90 Å². The van der Waals surface area contributed by atoms with E-state index in [-0.39, 0.29) is 24.8 Å². The van der Waals surface area contributed by atoms with Crippen LogP contribution >= 0.6 is 23.2 Å². The maximum atomic E-state index is 14.8. The number of hydrogen-bond acceptors (Lipinski definition) is 3. The first-order chi connectivity index (χ1) is 20.7. The van der Waals surface area contributed by atoms with Gasteiger partial charge in [0.1, 0.15) is 6.04 Å². The second-order valence-corrected chi connectivity index (χ2v) is 11.7. The predicted molar refractivity (Wildman–Crippen MR) is 171 cm³/mol. The highest BCUT2D eigenvalue weighted by atomic mass is 35.5. The molecule has 1 heterocycles. The molecule has 0 bridgehead atoms. The minimum atomic E-state index is -0.954. The Morgan fingerprint density at radius 1 is 0.860 bits per heavy atom. The zero-order valence-corrected chi connectivity index (χ0v) is 25.5. The smallest absolute Gasteiger partial charge is 0.303 e. The first-order valence-electron chi connectivity index (χ1n) is 14.2. The first-order valence-corrected chi connectivity index (χ1v) is 15.0. The van der Waals surface area contributed by atoms with Crippen molar-refractivity contribution in [2.45, 2.75) is 45.2 Å². The lowest BCUT2D eigenvalue weighted by atomic mass is 9.96. The van der Waals surface area contributed by atoms with E-state index in [1.54, 1.807) is 46.2 Å². The molecule has 5 rings (SSSR count). The molecule has 0 unspecified atom stereocenters. The van der Waals surface area contributed by atoms with Gasteiger partial charge in [-0.25, -0.2) is 0 Å². The molecule has 43 heavy (non-hydrogen) atoms. The molecule has 2 atom stereocenters. The fraction of sp³-hybridized carbons (Fsp3) is 0.229. The summed E-state index contributed by atoms with van der Waals surface area (Å²) in [5.74, 6) is -1.44. The quantitative estimate of drug-likeness (QED) is 0.192. The van der Waals surface area contributed by atoms with Gasteiger partial charge in [-0.1, -0.05) is 77.8 Å². The van der Waals surface area contributed by atoms with Crippen LogP contribution in [0.25, 0.3) is 11.1 Å². The highest BCUT2D eigenvalue weighted by Gasteiger charge is 2.43. The molecule has 2 amide bonds. The van der Waals surface area contributed by atoms with Crippen LogP contribution in [0, 0.1) is 6.92 Å². The molecule has 1 N–H and O–H groups in total. The Balaban J connectivity index is 1.69. The van der Waals surface area contributed by atoms with E-state index in [1.807, 2.05) is 68.4 Å². The van der Waals surface area contributed by atoms with Gasteiger partial charge in [-0.2, -0.15) is 0 Å². The highest BCUT2D eigenvalue weighted by Crippen LogP contribution is 2.41. The summed E-state index contributed by atoms with van der Waals surface area (Å²) in [6.45, 7) is 4.20. The molecule has 0 radical (unpaired) electrons. The summed E-state index contributed by atoms with van der Waals surface area (Å²) in [5.41, 5.74) is 5.30. The molecular formula is C35H32Cl2N2O4. The molecule has 0 aromatic heterocycles. The maximum absolute atomic E-state index is 14.8. The standard InChI is InChI=1S/C35H32Cl2N2O4/c1-22-7-3-4-8-29(22)26-14-19-31-30(21-26)34(42)39(23(2)24-10-15-27(36)16-11-24)33(25-12-17-28(37)18-13-25)35(43)38(31)20-6-5-9-32(40)41/h3-4,7-8,10-19,21,23,33H,5-6,9,20H2,1-2H3,(H,40,41)/t23-,33+/m1/s1. The number of halogens is 2. The van der Waals surface area contributed by atoms with Gasteiger partial charge in [0.25, 0.3) is 11.8 Å². The van der Waals surface area contributed by atoms with Crippen LogP contribution in [0.5, 0.6) is 0 Å². The van der Waals surface area contributed by atoms with Gasteiger partial charge in [0.2, 0.25) is 0 Å². The number of aryl methyl sites for hydroxylation is 1. The third-order valence-electron chi connectivity index (χ3n) is 7.96. The van der Waals surface area contributed by atoms with Crippen molar-refractivity contribution in [3.63, 3.8) is 0 Å². The number of anilines is 1. The van der Waals surface area contributed by atoms with Crippen molar-refractivity contribution in [1.82, 2.24) is 4.90 Å². The Bertz CT molecular complexity index is 1650. The zero-order valence-electron chi connectivity index (χ0n) is 24.0. The molecule has 0 fully saturated rings. The van der Waals surface area contributed by atoms with E-state index in [0.29, 0.717) is 39.7 Å². The van der Waals surface area contributed by atoms with Crippen molar-refractivity contribution in [3.05, 3.63) is 123 Å². The third kappa shape index (κ3) is 6.46. The van der Waals surface area contributed by atoms with E-state index < -0.39 is 18.1 Å². The molecule has 1 aliphatic rings. The summed E-state index contributed by atoms with van der Waals surface area (Å²) in [4.78, 5) is 43.9. The van der Waals surface area contributed by atoms with Gasteiger partial charge < -0.3 is 14.9 Å². The number of hydrogen-bond donors (Lipinski definition) is 1. The zero-order chi connectivity index (χ0) is 30.7. The van der Waals surface area contributed by atoms with Crippen molar-refractivity contribution in [3.8, 4) is 11.1 Å². The lowest BCUT2D eigenvalue weighted by Gasteiger charge is -2.36. The van der Waals surface area contributed by atoms with Gasteiger partial charge in [-0.3, -0.25) is 14.4 Å². The minimum absolute atomic E-state index is 0.000376. The maximum Gasteiger partial charge on any atom is 0.303 e. The lowest BCUT2D eigenvalue weighted by Crippen LogP contribution is -2.44. The van der Waals surface area contributed by atoms with Crippen molar-refractivity contribution in [2.75, 3.05) is 11.4 Å². The number of unbranched alkanes of at least 4 members (excludes halogenated alkanes) is 1. The summed E-state index contributed by atoms with van der Waals surface area (Å²) >= 11 is 12.4. The van der Waals surface area contributed by atoms with E-state index in [2.05, 4.69) is 0 Å². The number of carboxylic acids is 1. The number of carbonyl (C=O) groups is 3. The second-order valence-electron chi connectivity index (χ2n) is 10.8. The summed E-state index contributed by atoms with van der Waals surface area (Å²) in [7, 11) is 0. The highest BCUT2D eigenvalue weighted by molar-refractivity contribution is 6.30. The van der Waals surface area contributed by atoms with Gasteiger partial charge in [0.05, 0.1) is 17.3 Å². The summed E-state index contributed by atoms with van der Waals surface area (Å²) in [5, 5.41) is 10.3. The number of rotatable bonds is 9. The Hall–Kier alpha value is -4.13. The fourth-order valence-electron chi connectivity index (χ4n) is 5.68. The normalized spacial score (nSPS) is 15.7. The number of carbonyl (C=O) groups excluding carboxylic acids is 2. The topological polar surface area (TPSA) is 77.9 Å². The molecule has 0 spiro atoms. The summed E-state index contributed by atoms with van der Waals surface area (Å²) in [6, 6.07) is 26.4.